The van der Waals surface area contributed by atoms with Crippen LogP contribution in [0.15, 0.2) is 76.4 Å². The molecule has 0 aliphatic rings. The van der Waals surface area contributed by atoms with Crippen molar-refractivity contribution in [2.45, 2.75) is 11.3 Å². The first kappa shape index (κ1) is 23.3. The number of nitrogens with zero attached hydrogens (tertiary/aromatic N) is 2. The third-order valence-electron chi connectivity index (χ3n) is 4.96. The Labute approximate surface area is 191 Å². The Bertz CT molecular complexity index is 1530. The molecule has 176 valence electrons. The van der Waals surface area contributed by atoms with Crippen molar-refractivity contribution in [1.82, 2.24) is 9.55 Å². The van der Waals surface area contributed by atoms with E-state index in [2.05, 4.69) is 9.72 Å². The molecule has 0 aliphatic carbocycles. The van der Waals surface area contributed by atoms with Crippen LogP contribution in [0.4, 0.5) is 13.2 Å². The molecule has 0 saturated carbocycles. The van der Waals surface area contributed by atoms with Crippen LogP contribution in [0.5, 0.6) is 11.6 Å². The van der Waals surface area contributed by atoms with Gasteiger partial charge in [-0.25, -0.2) is 8.42 Å². The highest BCUT2D eigenvalue weighted by atomic mass is 32.2. The van der Waals surface area contributed by atoms with Crippen molar-refractivity contribution in [3.63, 3.8) is 0 Å². The predicted octanol–water partition coefficient (Wildman–Crippen LogP) is 4.36. The molecule has 0 N–H and O–H groups in total. The summed E-state index contributed by atoms with van der Waals surface area (Å²) in [6, 6.07) is 15.5. The Morgan fingerprint density at radius 3 is 2.15 bits per heavy atom. The molecule has 0 atom stereocenters. The molecule has 0 bridgehead atoms. The van der Waals surface area contributed by atoms with Crippen LogP contribution in [0, 0.1) is 0 Å². The molecule has 0 spiro atoms. The van der Waals surface area contributed by atoms with Gasteiger partial charge >= 0.3 is 6.36 Å². The molecule has 0 fully saturated rings. The molecule has 4 aromatic rings. The van der Waals surface area contributed by atoms with Gasteiger partial charge < -0.3 is 9.47 Å². The normalized spacial score (nSPS) is 12.0. The number of rotatable bonds is 5. The van der Waals surface area contributed by atoms with Crippen molar-refractivity contribution >= 4 is 20.9 Å². The minimum atomic E-state index is -4.85. The van der Waals surface area contributed by atoms with Crippen LogP contribution < -0.4 is 15.0 Å². The Morgan fingerprint density at radius 2 is 1.59 bits per heavy atom. The number of halogens is 3. The van der Waals surface area contributed by atoms with E-state index in [0.717, 1.165) is 18.4 Å². The van der Waals surface area contributed by atoms with Gasteiger partial charge in [0, 0.05) is 23.3 Å². The maximum atomic E-state index is 13.5. The molecule has 2 aromatic heterocycles. The molecule has 34 heavy (non-hydrogen) atoms. The van der Waals surface area contributed by atoms with E-state index in [-0.39, 0.29) is 27.7 Å². The van der Waals surface area contributed by atoms with Gasteiger partial charge in [0.25, 0.3) is 5.56 Å². The van der Waals surface area contributed by atoms with Crippen LogP contribution in [-0.2, 0) is 9.84 Å². The van der Waals surface area contributed by atoms with Gasteiger partial charge in [-0.3, -0.25) is 9.36 Å². The molecule has 4 rings (SSSR count). The van der Waals surface area contributed by atoms with E-state index in [4.69, 9.17) is 4.74 Å². The highest BCUT2D eigenvalue weighted by Crippen LogP contribution is 2.27. The maximum Gasteiger partial charge on any atom is 0.573 e. The number of benzene rings is 2. The molecular formula is C23H17F3N2O5S. The lowest BCUT2D eigenvalue weighted by Crippen LogP contribution is -2.21. The number of hydrogen-bond donors (Lipinski definition) is 0. The number of pyridine rings is 2. The standard InChI is InChI=1S/C23H17F3N2O5S/c1-32-20-12-5-15-13-19(14-3-10-18(11-4-14)34(2,30)31)22(29)28(21(15)27-20)16-6-8-17(9-7-16)33-23(24,25)26/h3-13H,1-2H3. The van der Waals surface area contributed by atoms with Crippen LogP contribution in [0.3, 0.4) is 0 Å². The summed E-state index contributed by atoms with van der Waals surface area (Å²) in [5, 5.41) is 0.554. The van der Waals surface area contributed by atoms with Crippen molar-refractivity contribution < 1.29 is 31.1 Å². The second kappa shape index (κ2) is 8.49. The summed E-state index contributed by atoms with van der Waals surface area (Å²) >= 11 is 0. The summed E-state index contributed by atoms with van der Waals surface area (Å²) in [5.74, 6) is -0.199. The highest BCUT2D eigenvalue weighted by Gasteiger charge is 2.31. The van der Waals surface area contributed by atoms with E-state index in [1.54, 1.807) is 18.2 Å². The third-order valence-corrected chi connectivity index (χ3v) is 6.08. The Hall–Kier alpha value is -3.86. The molecular weight excluding hydrogens is 473 g/mol. The number of aromatic nitrogens is 2. The average molecular weight is 490 g/mol. The van der Waals surface area contributed by atoms with E-state index >= 15 is 0 Å². The van der Waals surface area contributed by atoms with Crippen LogP contribution in [0.2, 0.25) is 0 Å². The molecule has 0 aliphatic heterocycles. The maximum absolute atomic E-state index is 13.5. The molecule has 0 saturated heterocycles. The summed E-state index contributed by atoms with van der Waals surface area (Å²) in [6.07, 6.45) is -3.77. The van der Waals surface area contributed by atoms with E-state index in [9.17, 15) is 26.4 Å². The van der Waals surface area contributed by atoms with Crippen molar-refractivity contribution in [2.75, 3.05) is 13.4 Å². The number of fused-ring (bicyclic) bond motifs is 1. The topological polar surface area (TPSA) is 87.5 Å². The largest absolute Gasteiger partial charge is 0.573 e. The van der Waals surface area contributed by atoms with Crippen molar-refractivity contribution in [3.8, 4) is 28.4 Å². The minimum Gasteiger partial charge on any atom is -0.481 e. The summed E-state index contributed by atoms with van der Waals surface area (Å²) in [7, 11) is -2.01. The molecule has 2 aromatic carbocycles. The predicted molar refractivity (Wildman–Crippen MR) is 119 cm³/mol. The van der Waals surface area contributed by atoms with Gasteiger partial charge in [-0.2, -0.15) is 4.98 Å². The summed E-state index contributed by atoms with van der Waals surface area (Å²) < 4.78 is 71.4. The molecule has 2 heterocycles. The lowest BCUT2D eigenvalue weighted by molar-refractivity contribution is -0.274. The van der Waals surface area contributed by atoms with Crippen molar-refractivity contribution in [3.05, 3.63) is 77.1 Å². The van der Waals surface area contributed by atoms with Crippen molar-refractivity contribution in [2.24, 2.45) is 0 Å². The van der Waals surface area contributed by atoms with Crippen LogP contribution in [0.1, 0.15) is 0 Å². The molecule has 0 amide bonds. The number of ether oxygens (including phenoxy) is 2. The third kappa shape index (κ3) is 4.74. The first-order valence-corrected chi connectivity index (χ1v) is 11.6. The number of methoxy groups -OCH3 is 1. The van der Waals surface area contributed by atoms with Gasteiger partial charge in [0.05, 0.1) is 17.7 Å². The summed E-state index contributed by atoms with van der Waals surface area (Å²) in [6.45, 7) is 0. The fourth-order valence-corrected chi connectivity index (χ4v) is 4.04. The molecule has 11 heteroatoms. The Balaban J connectivity index is 1.92. The van der Waals surface area contributed by atoms with E-state index in [1.165, 1.54) is 48.1 Å². The summed E-state index contributed by atoms with van der Waals surface area (Å²) in [5.41, 5.74) is 0.672. The van der Waals surface area contributed by atoms with Crippen LogP contribution in [0.25, 0.3) is 27.8 Å². The number of hydrogen-bond acceptors (Lipinski definition) is 6. The second-order valence-electron chi connectivity index (χ2n) is 7.30. The van der Waals surface area contributed by atoms with Gasteiger partial charge in [-0.15, -0.1) is 13.2 Å². The van der Waals surface area contributed by atoms with Gasteiger partial charge in [0.15, 0.2) is 15.5 Å². The Kier molecular flexibility index (Phi) is 5.82. The average Bonchev–Trinajstić information content (AvgIpc) is 2.77. The van der Waals surface area contributed by atoms with Gasteiger partial charge in [-0.05, 0) is 54.1 Å². The number of alkyl halides is 3. The fraction of sp³-hybridized carbons (Fsp3) is 0.130. The SMILES string of the molecule is COc1ccc2cc(-c3ccc(S(C)(=O)=O)cc3)c(=O)n(-c3ccc(OC(F)(F)F)cc3)c2n1. The van der Waals surface area contributed by atoms with Crippen LogP contribution >= 0.6 is 0 Å². The number of sulfone groups is 1. The zero-order valence-corrected chi connectivity index (χ0v) is 18.6. The van der Waals surface area contributed by atoms with Gasteiger partial charge in [0.2, 0.25) is 5.88 Å². The monoisotopic (exact) mass is 490 g/mol. The second-order valence-corrected chi connectivity index (χ2v) is 9.32. The van der Waals surface area contributed by atoms with E-state index < -0.39 is 27.5 Å². The molecule has 7 nitrogen and oxygen atoms in total. The smallest absolute Gasteiger partial charge is 0.481 e. The lowest BCUT2D eigenvalue weighted by Gasteiger charge is -2.14. The lowest BCUT2D eigenvalue weighted by atomic mass is 10.1. The van der Waals surface area contributed by atoms with E-state index in [1.807, 2.05) is 0 Å². The molecule has 0 unspecified atom stereocenters. The minimum absolute atomic E-state index is 0.101. The van der Waals surface area contributed by atoms with Gasteiger partial charge in [-0.1, -0.05) is 12.1 Å². The highest BCUT2D eigenvalue weighted by molar-refractivity contribution is 7.90. The zero-order valence-electron chi connectivity index (χ0n) is 17.8. The molecule has 0 radical (unpaired) electrons. The van der Waals surface area contributed by atoms with Crippen molar-refractivity contribution in [1.29, 1.82) is 0 Å². The van der Waals surface area contributed by atoms with Crippen LogP contribution in [-0.4, -0.2) is 37.7 Å². The zero-order chi connectivity index (χ0) is 24.7. The fourth-order valence-electron chi connectivity index (χ4n) is 3.41. The first-order valence-electron chi connectivity index (χ1n) is 9.74. The first-order chi connectivity index (χ1) is 16.0. The van der Waals surface area contributed by atoms with E-state index in [0.29, 0.717) is 10.9 Å². The van der Waals surface area contributed by atoms with Gasteiger partial charge in [0.1, 0.15) is 5.75 Å². The summed E-state index contributed by atoms with van der Waals surface area (Å²) in [4.78, 5) is 18.0. The Morgan fingerprint density at radius 1 is 0.941 bits per heavy atom. The quantitative estimate of drug-likeness (QED) is 0.413.